The fourth-order valence-corrected chi connectivity index (χ4v) is 3.73. The third kappa shape index (κ3) is 4.16. The zero-order chi connectivity index (χ0) is 17.8. The van der Waals surface area contributed by atoms with Crippen molar-refractivity contribution in [3.8, 4) is 0 Å². The van der Waals surface area contributed by atoms with Crippen LogP contribution in [0.2, 0.25) is 0 Å². The number of nitro groups is 1. The van der Waals surface area contributed by atoms with E-state index in [1.165, 1.54) is 42.8 Å². The molecule has 0 spiro atoms. The molecule has 1 N–H and O–H groups in total. The molecule has 0 aliphatic heterocycles. The van der Waals surface area contributed by atoms with Crippen molar-refractivity contribution < 1.29 is 9.72 Å². The van der Waals surface area contributed by atoms with Crippen molar-refractivity contribution in [1.82, 2.24) is 14.8 Å². The van der Waals surface area contributed by atoms with Crippen molar-refractivity contribution in [2.75, 3.05) is 11.1 Å². The van der Waals surface area contributed by atoms with Crippen LogP contribution in [0.25, 0.3) is 0 Å². The van der Waals surface area contributed by atoms with Gasteiger partial charge in [-0.3, -0.25) is 14.9 Å². The Morgan fingerprint density at radius 3 is 2.88 bits per heavy atom. The van der Waals surface area contributed by atoms with Crippen molar-refractivity contribution in [1.29, 1.82) is 0 Å². The summed E-state index contributed by atoms with van der Waals surface area (Å²) in [7, 11) is 1.93. The van der Waals surface area contributed by atoms with Crippen molar-refractivity contribution in [3.05, 3.63) is 40.2 Å². The van der Waals surface area contributed by atoms with Gasteiger partial charge in [0.25, 0.3) is 5.69 Å². The highest BCUT2D eigenvalue weighted by Gasteiger charge is 2.23. The van der Waals surface area contributed by atoms with Gasteiger partial charge >= 0.3 is 0 Å². The van der Waals surface area contributed by atoms with Crippen LogP contribution in [0.1, 0.15) is 37.4 Å². The Labute approximate surface area is 149 Å². The molecule has 1 fully saturated rings. The lowest BCUT2D eigenvalue weighted by Gasteiger charge is -2.09. The average Bonchev–Trinajstić information content (AvgIpc) is 3.23. The molecule has 25 heavy (non-hydrogen) atoms. The molecule has 8 nitrogen and oxygen atoms in total. The first kappa shape index (κ1) is 17.4. The summed E-state index contributed by atoms with van der Waals surface area (Å²) < 4.78 is 1.96. The maximum atomic E-state index is 12.1. The number of hydrogen-bond acceptors (Lipinski definition) is 6. The van der Waals surface area contributed by atoms with Gasteiger partial charge in [0.15, 0.2) is 5.16 Å². The number of non-ortho nitro benzene ring substituents is 1. The number of nitrogens with one attached hydrogen (secondary N) is 1. The molecule has 3 rings (SSSR count). The van der Waals surface area contributed by atoms with Crippen molar-refractivity contribution in [2.24, 2.45) is 7.05 Å². The van der Waals surface area contributed by atoms with E-state index in [1.807, 2.05) is 11.6 Å². The molecular formula is C16H19N5O3S. The molecule has 9 heteroatoms. The quantitative estimate of drug-likeness (QED) is 0.482. The predicted molar refractivity (Wildman–Crippen MR) is 94.7 cm³/mol. The number of rotatable bonds is 6. The summed E-state index contributed by atoms with van der Waals surface area (Å²) in [5.41, 5.74) is 0.351. The summed E-state index contributed by atoms with van der Waals surface area (Å²) in [6, 6.07) is 5.88. The van der Waals surface area contributed by atoms with Gasteiger partial charge < -0.3 is 9.88 Å². The first-order valence-electron chi connectivity index (χ1n) is 8.11. The summed E-state index contributed by atoms with van der Waals surface area (Å²) in [5, 5.41) is 22.6. The molecule has 0 bridgehead atoms. The van der Waals surface area contributed by atoms with Gasteiger partial charge in [0.1, 0.15) is 5.82 Å². The third-order valence-electron chi connectivity index (χ3n) is 4.26. The van der Waals surface area contributed by atoms with E-state index in [0.29, 0.717) is 16.8 Å². The average molecular weight is 361 g/mol. The molecule has 1 amide bonds. The van der Waals surface area contributed by atoms with Gasteiger partial charge in [-0.15, -0.1) is 10.2 Å². The highest BCUT2D eigenvalue weighted by molar-refractivity contribution is 7.99. The Kier molecular flexibility index (Phi) is 5.32. The number of carbonyl (C=O) groups excluding carboxylic acids is 1. The molecule has 0 saturated heterocycles. The molecule has 2 aromatic rings. The van der Waals surface area contributed by atoms with Gasteiger partial charge in [0, 0.05) is 30.8 Å². The Hall–Kier alpha value is -2.42. The summed E-state index contributed by atoms with van der Waals surface area (Å²) in [4.78, 5) is 22.4. The number of thioether (sulfide) groups is 1. The van der Waals surface area contributed by atoms with Gasteiger partial charge in [-0.1, -0.05) is 30.7 Å². The van der Waals surface area contributed by atoms with Crippen LogP contribution < -0.4 is 5.32 Å². The first-order chi connectivity index (χ1) is 12.0. The van der Waals surface area contributed by atoms with Crippen LogP contribution in [0.5, 0.6) is 0 Å². The van der Waals surface area contributed by atoms with Gasteiger partial charge in [-0.2, -0.15) is 0 Å². The normalized spacial score (nSPS) is 14.6. The molecule has 1 heterocycles. The first-order valence-corrected chi connectivity index (χ1v) is 9.09. The van der Waals surface area contributed by atoms with E-state index in [2.05, 4.69) is 15.5 Å². The molecule has 1 aliphatic rings. The number of nitrogens with zero attached hydrogens (tertiary/aromatic N) is 4. The molecule has 1 aliphatic carbocycles. The number of benzene rings is 1. The van der Waals surface area contributed by atoms with E-state index >= 15 is 0 Å². The number of amides is 1. The van der Waals surface area contributed by atoms with E-state index in [9.17, 15) is 14.9 Å². The highest BCUT2D eigenvalue weighted by Crippen LogP contribution is 2.33. The van der Waals surface area contributed by atoms with E-state index in [4.69, 9.17) is 0 Å². The van der Waals surface area contributed by atoms with Gasteiger partial charge in [-0.05, 0) is 18.9 Å². The van der Waals surface area contributed by atoms with Crippen LogP contribution in [0, 0.1) is 10.1 Å². The standard InChI is InChI=1S/C16H19N5O3S/c1-20-15(11-5-2-3-6-11)18-19-16(20)25-10-14(22)17-12-7-4-8-13(9-12)21(23)24/h4,7-9,11H,2-3,5-6,10H2,1H3,(H,17,22). The molecule has 0 atom stereocenters. The molecular weight excluding hydrogens is 342 g/mol. The fourth-order valence-electron chi connectivity index (χ4n) is 3.02. The third-order valence-corrected chi connectivity index (χ3v) is 5.28. The van der Waals surface area contributed by atoms with Gasteiger partial charge in [0.2, 0.25) is 5.91 Å². The Morgan fingerprint density at radius 2 is 2.16 bits per heavy atom. The van der Waals surface area contributed by atoms with Crippen LogP contribution in [0.15, 0.2) is 29.4 Å². The Bertz CT molecular complexity index is 786. The van der Waals surface area contributed by atoms with E-state index < -0.39 is 4.92 Å². The minimum absolute atomic E-state index is 0.0556. The maximum absolute atomic E-state index is 12.1. The predicted octanol–water partition coefficient (Wildman–Crippen LogP) is 3.11. The lowest BCUT2D eigenvalue weighted by molar-refractivity contribution is -0.384. The van der Waals surface area contributed by atoms with Crippen LogP contribution in [-0.4, -0.2) is 31.3 Å². The fraction of sp³-hybridized carbons (Fsp3) is 0.438. The number of nitro benzene ring substituents is 1. The molecule has 0 radical (unpaired) electrons. The molecule has 1 saturated carbocycles. The van der Waals surface area contributed by atoms with Crippen molar-refractivity contribution in [2.45, 2.75) is 36.8 Å². The summed E-state index contributed by atoms with van der Waals surface area (Å²) in [5.74, 6) is 1.37. The Morgan fingerprint density at radius 1 is 1.40 bits per heavy atom. The van der Waals surface area contributed by atoms with Gasteiger partial charge in [-0.25, -0.2) is 0 Å². The van der Waals surface area contributed by atoms with E-state index in [0.717, 1.165) is 18.7 Å². The van der Waals surface area contributed by atoms with Gasteiger partial charge in [0.05, 0.1) is 10.7 Å². The monoisotopic (exact) mass is 361 g/mol. The zero-order valence-electron chi connectivity index (χ0n) is 13.8. The number of carbonyl (C=O) groups is 1. The summed E-state index contributed by atoms with van der Waals surface area (Å²) >= 11 is 1.31. The minimum Gasteiger partial charge on any atom is -0.325 e. The number of aromatic nitrogens is 3. The van der Waals surface area contributed by atoms with Crippen LogP contribution in [0.4, 0.5) is 11.4 Å². The topological polar surface area (TPSA) is 103 Å². The molecule has 1 aromatic heterocycles. The largest absolute Gasteiger partial charge is 0.325 e. The lowest BCUT2D eigenvalue weighted by atomic mass is 10.1. The van der Waals surface area contributed by atoms with E-state index in [-0.39, 0.29) is 17.3 Å². The van der Waals surface area contributed by atoms with Crippen molar-refractivity contribution in [3.63, 3.8) is 0 Å². The maximum Gasteiger partial charge on any atom is 0.271 e. The molecule has 132 valence electrons. The number of hydrogen-bond donors (Lipinski definition) is 1. The van der Waals surface area contributed by atoms with E-state index in [1.54, 1.807) is 6.07 Å². The molecule has 0 unspecified atom stereocenters. The second kappa shape index (κ2) is 7.64. The lowest BCUT2D eigenvalue weighted by Crippen LogP contribution is -2.14. The Balaban J connectivity index is 1.57. The second-order valence-electron chi connectivity index (χ2n) is 6.03. The van der Waals surface area contributed by atoms with Crippen LogP contribution in [-0.2, 0) is 11.8 Å². The van der Waals surface area contributed by atoms with Crippen molar-refractivity contribution >= 4 is 29.0 Å². The zero-order valence-corrected chi connectivity index (χ0v) is 14.7. The smallest absolute Gasteiger partial charge is 0.271 e. The van der Waals surface area contributed by atoms with Crippen LogP contribution in [0.3, 0.4) is 0 Å². The second-order valence-corrected chi connectivity index (χ2v) is 6.97. The minimum atomic E-state index is -0.492. The number of anilines is 1. The van der Waals surface area contributed by atoms with Crippen LogP contribution >= 0.6 is 11.8 Å². The summed E-state index contributed by atoms with van der Waals surface area (Å²) in [6.45, 7) is 0. The SMILES string of the molecule is Cn1c(SCC(=O)Nc2cccc([N+](=O)[O-])c2)nnc1C1CCCC1. The highest BCUT2D eigenvalue weighted by atomic mass is 32.2. The summed E-state index contributed by atoms with van der Waals surface area (Å²) in [6.07, 6.45) is 4.74. The molecule has 1 aromatic carbocycles.